The van der Waals surface area contributed by atoms with Crippen LogP contribution in [0.25, 0.3) is 0 Å². The highest BCUT2D eigenvalue weighted by molar-refractivity contribution is 5.74. The number of hydrogen-bond acceptors (Lipinski definition) is 3. The van der Waals surface area contributed by atoms with Crippen molar-refractivity contribution in [1.29, 1.82) is 0 Å². The van der Waals surface area contributed by atoms with Crippen molar-refractivity contribution in [2.75, 3.05) is 19.6 Å². The average Bonchev–Trinajstić information content (AvgIpc) is 2.90. The maximum Gasteiger partial charge on any atom is 0.315 e. The second kappa shape index (κ2) is 6.53. The van der Waals surface area contributed by atoms with Crippen LogP contribution < -0.4 is 10.6 Å². The first-order valence-corrected chi connectivity index (χ1v) is 8.67. The zero-order chi connectivity index (χ0) is 14.7. The molecule has 0 bridgehead atoms. The topological polar surface area (TPSA) is 64.6 Å². The number of carbonyl (C=O) groups excluding carboxylic acids is 1. The molecule has 2 heterocycles. The molecule has 0 aromatic heterocycles. The van der Waals surface area contributed by atoms with E-state index in [9.17, 15) is 9.90 Å². The number of amides is 2. The van der Waals surface area contributed by atoms with Crippen molar-refractivity contribution in [3.63, 3.8) is 0 Å². The van der Waals surface area contributed by atoms with E-state index in [2.05, 4.69) is 15.5 Å². The Kier molecular flexibility index (Phi) is 4.69. The van der Waals surface area contributed by atoms with E-state index in [0.29, 0.717) is 12.6 Å². The van der Waals surface area contributed by atoms with E-state index in [1.54, 1.807) is 0 Å². The van der Waals surface area contributed by atoms with Crippen LogP contribution in [0, 0.1) is 0 Å². The largest absolute Gasteiger partial charge is 0.388 e. The van der Waals surface area contributed by atoms with E-state index in [1.165, 1.54) is 32.2 Å². The summed E-state index contributed by atoms with van der Waals surface area (Å²) >= 11 is 0. The third-order valence-electron chi connectivity index (χ3n) is 5.53. The van der Waals surface area contributed by atoms with Crippen LogP contribution in [0.2, 0.25) is 0 Å². The van der Waals surface area contributed by atoms with Gasteiger partial charge in [-0.05, 0) is 38.6 Å². The lowest BCUT2D eigenvalue weighted by Gasteiger charge is -2.34. The van der Waals surface area contributed by atoms with Crippen molar-refractivity contribution < 1.29 is 9.90 Å². The van der Waals surface area contributed by atoms with Crippen molar-refractivity contribution in [3.8, 4) is 0 Å². The summed E-state index contributed by atoms with van der Waals surface area (Å²) < 4.78 is 0. The van der Waals surface area contributed by atoms with Crippen LogP contribution in [-0.2, 0) is 0 Å². The predicted molar refractivity (Wildman–Crippen MR) is 82.2 cm³/mol. The number of rotatable bonds is 3. The van der Waals surface area contributed by atoms with Crippen LogP contribution in [0.3, 0.4) is 0 Å². The molecule has 3 N–H and O–H groups in total. The molecule has 120 valence electrons. The van der Waals surface area contributed by atoms with Gasteiger partial charge in [0.1, 0.15) is 0 Å². The highest BCUT2D eigenvalue weighted by Gasteiger charge is 2.36. The fraction of sp³-hybridized carbons (Fsp3) is 0.938. The van der Waals surface area contributed by atoms with Gasteiger partial charge in [-0.2, -0.15) is 0 Å². The summed E-state index contributed by atoms with van der Waals surface area (Å²) in [6.45, 7) is 2.68. The molecule has 5 heteroatoms. The molecule has 2 unspecified atom stereocenters. The smallest absolute Gasteiger partial charge is 0.315 e. The van der Waals surface area contributed by atoms with Crippen LogP contribution >= 0.6 is 0 Å². The van der Waals surface area contributed by atoms with Gasteiger partial charge in [-0.15, -0.1) is 0 Å². The van der Waals surface area contributed by atoms with Gasteiger partial charge >= 0.3 is 6.03 Å². The Morgan fingerprint density at radius 2 is 1.90 bits per heavy atom. The molecule has 0 aromatic rings. The van der Waals surface area contributed by atoms with E-state index in [-0.39, 0.29) is 12.1 Å². The first-order chi connectivity index (χ1) is 10.2. The number of aliphatic hydroxyl groups is 1. The third kappa shape index (κ3) is 3.69. The van der Waals surface area contributed by atoms with Gasteiger partial charge < -0.3 is 15.7 Å². The monoisotopic (exact) mass is 295 g/mol. The lowest BCUT2D eigenvalue weighted by Crippen LogP contribution is -2.52. The number of hydrogen-bond donors (Lipinski definition) is 3. The molecule has 3 rings (SSSR count). The molecule has 2 saturated heterocycles. The van der Waals surface area contributed by atoms with Gasteiger partial charge in [-0.25, -0.2) is 4.79 Å². The normalized spacial score (nSPS) is 32.4. The SMILES string of the molecule is O=C(NCC1(O)CCCCC1)NC1CCN2CCCCC12. The van der Waals surface area contributed by atoms with Gasteiger partial charge in [0.2, 0.25) is 0 Å². The van der Waals surface area contributed by atoms with Gasteiger partial charge in [0.05, 0.1) is 5.60 Å². The Morgan fingerprint density at radius 1 is 1.10 bits per heavy atom. The summed E-state index contributed by atoms with van der Waals surface area (Å²) in [5.41, 5.74) is -0.678. The second-order valence-electron chi connectivity index (χ2n) is 7.11. The first-order valence-electron chi connectivity index (χ1n) is 8.67. The molecule has 0 spiro atoms. The maximum atomic E-state index is 12.1. The Bertz CT molecular complexity index is 369. The van der Waals surface area contributed by atoms with Crippen LogP contribution in [0.15, 0.2) is 0 Å². The molecule has 5 nitrogen and oxygen atoms in total. The van der Waals surface area contributed by atoms with E-state index in [4.69, 9.17) is 0 Å². The number of nitrogens with one attached hydrogen (secondary N) is 2. The number of nitrogens with zero attached hydrogens (tertiary/aromatic N) is 1. The van der Waals surface area contributed by atoms with Crippen LogP contribution in [0.5, 0.6) is 0 Å². The average molecular weight is 295 g/mol. The maximum absolute atomic E-state index is 12.1. The Morgan fingerprint density at radius 3 is 2.71 bits per heavy atom. The molecule has 21 heavy (non-hydrogen) atoms. The van der Waals surface area contributed by atoms with Gasteiger partial charge in [0, 0.05) is 25.2 Å². The summed E-state index contributed by atoms with van der Waals surface area (Å²) in [6.07, 6.45) is 9.80. The van der Waals surface area contributed by atoms with E-state index in [0.717, 1.165) is 38.6 Å². The molecule has 0 aromatic carbocycles. The first kappa shape index (κ1) is 15.1. The van der Waals surface area contributed by atoms with E-state index >= 15 is 0 Å². The Balaban J connectivity index is 1.44. The van der Waals surface area contributed by atoms with Crippen molar-refractivity contribution in [3.05, 3.63) is 0 Å². The van der Waals surface area contributed by atoms with Gasteiger partial charge in [0.15, 0.2) is 0 Å². The highest BCUT2D eigenvalue weighted by atomic mass is 16.3. The summed E-state index contributed by atoms with van der Waals surface area (Å²) in [4.78, 5) is 14.6. The number of carbonyl (C=O) groups is 1. The van der Waals surface area contributed by atoms with E-state index < -0.39 is 5.60 Å². The Labute approximate surface area is 127 Å². The van der Waals surface area contributed by atoms with Crippen molar-refractivity contribution >= 4 is 6.03 Å². The fourth-order valence-corrected chi connectivity index (χ4v) is 4.27. The standard InChI is InChI=1S/C16H29N3O2/c20-15(17-12-16(21)8-3-1-4-9-16)18-13-7-11-19-10-5-2-6-14(13)19/h13-14,21H,1-12H2,(H2,17,18,20). The summed E-state index contributed by atoms with van der Waals surface area (Å²) in [6, 6.07) is 0.708. The van der Waals surface area contributed by atoms with Crippen molar-refractivity contribution in [2.24, 2.45) is 0 Å². The minimum absolute atomic E-state index is 0.105. The molecule has 0 radical (unpaired) electrons. The van der Waals surface area contributed by atoms with Gasteiger partial charge in [0.25, 0.3) is 0 Å². The van der Waals surface area contributed by atoms with E-state index in [1.807, 2.05) is 0 Å². The number of piperidine rings is 1. The van der Waals surface area contributed by atoms with Crippen LogP contribution in [0.1, 0.15) is 57.8 Å². The summed E-state index contributed by atoms with van der Waals surface area (Å²) in [5, 5.41) is 16.4. The lowest BCUT2D eigenvalue weighted by atomic mass is 9.85. The summed E-state index contributed by atoms with van der Waals surface area (Å²) in [5.74, 6) is 0. The lowest BCUT2D eigenvalue weighted by molar-refractivity contribution is 0.00708. The fourth-order valence-electron chi connectivity index (χ4n) is 4.27. The number of urea groups is 1. The van der Waals surface area contributed by atoms with Crippen LogP contribution in [-0.4, -0.2) is 53.4 Å². The summed E-state index contributed by atoms with van der Waals surface area (Å²) in [7, 11) is 0. The molecule has 2 atom stereocenters. The zero-order valence-corrected chi connectivity index (χ0v) is 12.9. The second-order valence-corrected chi connectivity index (χ2v) is 7.11. The predicted octanol–water partition coefficient (Wildman–Crippen LogP) is 1.61. The van der Waals surface area contributed by atoms with Gasteiger partial charge in [-0.3, -0.25) is 4.90 Å². The molecule has 3 fully saturated rings. The van der Waals surface area contributed by atoms with Crippen molar-refractivity contribution in [1.82, 2.24) is 15.5 Å². The molecule has 1 aliphatic carbocycles. The van der Waals surface area contributed by atoms with Crippen molar-refractivity contribution in [2.45, 2.75) is 75.5 Å². The minimum Gasteiger partial charge on any atom is -0.388 e. The quantitative estimate of drug-likeness (QED) is 0.741. The minimum atomic E-state index is -0.678. The van der Waals surface area contributed by atoms with Gasteiger partial charge in [-0.1, -0.05) is 25.7 Å². The third-order valence-corrected chi connectivity index (χ3v) is 5.53. The molecule has 1 saturated carbocycles. The molecule has 3 aliphatic rings. The van der Waals surface area contributed by atoms with Crippen LogP contribution in [0.4, 0.5) is 4.79 Å². The molecule has 2 aliphatic heterocycles. The zero-order valence-electron chi connectivity index (χ0n) is 12.9. The highest BCUT2D eigenvalue weighted by Crippen LogP contribution is 2.28. The number of fused-ring (bicyclic) bond motifs is 1. The Hall–Kier alpha value is -0.810. The molecular weight excluding hydrogens is 266 g/mol. The molecular formula is C16H29N3O2. The molecule has 2 amide bonds.